The molecule has 1 aromatic heterocycles. The maximum absolute atomic E-state index is 12.4. The van der Waals surface area contributed by atoms with Gasteiger partial charge in [-0.15, -0.1) is 6.42 Å². The normalized spacial score (nSPS) is 18.8. The third-order valence-corrected chi connectivity index (χ3v) is 5.49. The molecule has 1 aromatic carbocycles. The molecule has 4 rings (SSSR count). The van der Waals surface area contributed by atoms with Crippen LogP contribution in [0.2, 0.25) is 0 Å². The van der Waals surface area contributed by atoms with Gasteiger partial charge in [-0.25, -0.2) is 0 Å². The molecular formula is C20H20N2O. The number of piperidine rings is 1. The minimum absolute atomic E-state index is 0.173. The Morgan fingerprint density at radius 2 is 2.00 bits per heavy atom. The number of aromatic amines is 1. The fourth-order valence-electron chi connectivity index (χ4n) is 3.76. The Bertz CT molecular complexity index is 886. The number of hydrogen-bond donors (Lipinski definition) is 1. The van der Waals surface area contributed by atoms with Crippen molar-refractivity contribution < 1.29 is 0 Å². The average molecular weight is 304 g/mol. The van der Waals surface area contributed by atoms with Crippen LogP contribution in [-0.2, 0) is 0 Å². The standard InChI is InChI=1S/C20H20N2O/c1-3-14-5-6-17-16(13-14)18(15(4-2)19(23)21-17)22-11-9-20(7-8-20)10-12-22/h2-3,5-6,13H,1,7-12H2,(H,21,23). The Kier molecular flexibility index (Phi) is 3.09. The van der Waals surface area contributed by atoms with Crippen LogP contribution in [0.5, 0.6) is 0 Å². The second-order valence-corrected chi connectivity index (χ2v) is 6.82. The zero-order valence-electron chi connectivity index (χ0n) is 13.2. The van der Waals surface area contributed by atoms with Crippen LogP contribution in [0.3, 0.4) is 0 Å². The van der Waals surface area contributed by atoms with Gasteiger partial charge in [0.05, 0.1) is 11.2 Å². The van der Waals surface area contributed by atoms with Crippen molar-refractivity contribution >= 4 is 22.7 Å². The van der Waals surface area contributed by atoms with Gasteiger partial charge in [-0.2, -0.15) is 0 Å². The lowest BCUT2D eigenvalue weighted by Gasteiger charge is -2.35. The van der Waals surface area contributed by atoms with Crippen molar-refractivity contribution in [2.45, 2.75) is 25.7 Å². The molecule has 2 aromatic rings. The molecule has 1 saturated carbocycles. The van der Waals surface area contributed by atoms with Crippen LogP contribution in [0, 0.1) is 17.8 Å². The summed E-state index contributed by atoms with van der Waals surface area (Å²) < 4.78 is 0. The Morgan fingerprint density at radius 3 is 2.61 bits per heavy atom. The predicted octanol–water partition coefficient (Wildman–Crippen LogP) is 3.53. The van der Waals surface area contributed by atoms with Crippen molar-refractivity contribution in [1.82, 2.24) is 4.98 Å². The van der Waals surface area contributed by atoms with Gasteiger partial charge in [0.25, 0.3) is 5.56 Å². The van der Waals surface area contributed by atoms with Crippen molar-refractivity contribution in [2.24, 2.45) is 5.41 Å². The van der Waals surface area contributed by atoms with Crippen LogP contribution < -0.4 is 10.5 Å². The number of fused-ring (bicyclic) bond motifs is 1. The summed E-state index contributed by atoms with van der Waals surface area (Å²) in [5.41, 5.74) is 3.66. The van der Waals surface area contributed by atoms with Crippen molar-refractivity contribution in [3.05, 3.63) is 46.3 Å². The minimum atomic E-state index is -0.173. The maximum atomic E-state index is 12.4. The summed E-state index contributed by atoms with van der Waals surface area (Å²) in [6, 6.07) is 5.96. The summed E-state index contributed by atoms with van der Waals surface area (Å²) in [5, 5.41) is 1.02. The van der Waals surface area contributed by atoms with Crippen LogP contribution in [0.1, 0.15) is 36.8 Å². The van der Waals surface area contributed by atoms with Gasteiger partial charge in [-0.3, -0.25) is 4.79 Å². The lowest BCUT2D eigenvalue weighted by atomic mass is 9.92. The van der Waals surface area contributed by atoms with E-state index < -0.39 is 0 Å². The van der Waals surface area contributed by atoms with Crippen LogP contribution in [0.15, 0.2) is 29.6 Å². The number of aromatic nitrogens is 1. The van der Waals surface area contributed by atoms with Crippen molar-refractivity contribution in [3.63, 3.8) is 0 Å². The lowest BCUT2D eigenvalue weighted by Crippen LogP contribution is -2.36. The maximum Gasteiger partial charge on any atom is 0.266 e. The minimum Gasteiger partial charge on any atom is -0.370 e. The molecule has 0 amide bonds. The van der Waals surface area contributed by atoms with Crippen LogP contribution in [0.4, 0.5) is 5.69 Å². The number of anilines is 1. The van der Waals surface area contributed by atoms with Crippen LogP contribution >= 0.6 is 0 Å². The van der Waals surface area contributed by atoms with E-state index in [4.69, 9.17) is 6.42 Å². The van der Waals surface area contributed by atoms with Gasteiger partial charge in [0, 0.05) is 18.5 Å². The Morgan fingerprint density at radius 1 is 1.26 bits per heavy atom. The van der Waals surface area contributed by atoms with Crippen molar-refractivity contribution in [2.75, 3.05) is 18.0 Å². The van der Waals surface area contributed by atoms with E-state index in [1.165, 1.54) is 25.7 Å². The molecule has 2 heterocycles. The number of terminal acetylenes is 1. The number of rotatable bonds is 2. The molecule has 3 nitrogen and oxygen atoms in total. The summed E-state index contributed by atoms with van der Waals surface area (Å²) in [4.78, 5) is 17.6. The molecule has 1 saturated heterocycles. The van der Waals surface area contributed by atoms with Crippen molar-refractivity contribution in [3.8, 4) is 12.3 Å². The van der Waals surface area contributed by atoms with Crippen LogP contribution in [-0.4, -0.2) is 18.1 Å². The average Bonchev–Trinajstić information content (AvgIpc) is 3.33. The van der Waals surface area contributed by atoms with Gasteiger partial charge in [0.15, 0.2) is 0 Å². The molecule has 1 N–H and O–H groups in total. The Balaban J connectivity index is 1.89. The number of nitrogens with one attached hydrogen (secondary N) is 1. The highest BCUT2D eigenvalue weighted by Gasteiger charge is 2.44. The van der Waals surface area contributed by atoms with Gasteiger partial charge < -0.3 is 9.88 Å². The van der Waals surface area contributed by atoms with E-state index in [2.05, 4.69) is 28.4 Å². The number of H-pyrrole nitrogens is 1. The van der Waals surface area contributed by atoms with E-state index in [0.717, 1.165) is 35.2 Å². The first-order chi connectivity index (χ1) is 11.2. The van der Waals surface area contributed by atoms with Gasteiger partial charge in [-0.1, -0.05) is 24.6 Å². The fourth-order valence-corrected chi connectivity index (χ4v) is 3.76. The first-order valence-electron chi connectivity index (χ1n) is 8.20. The van der Waals surface area contributed by atoms with E-state index in [-0.39, 0.29) is 5.56 Å². The summed E-state index contributed by atoms with van der Waals surface area (Å²) in [6.07, 6.45) is 12.6. The van der Waals surface area contributed by atoms with Gasteiger partial charge in [0.1, 0.15) is 5.56 Å². The third-order valence-electron chi connectivity index (χ3n) is 5.49. The fraction of sp³-hybridized carbons (Fsp3) is 0.350. The molecule has 0 atom stereocenters. The quantitative estimate of drug-likeness (QED) is 0.862. The van der Waals surface area contributed by atoms with Gasteiger partial charge in [-0.05, 0) is 48.8 Å². The third kappa shape index (κ3) is 2.26. The molecule has 3 heteroatoms. The summed E-state index contributed by atoms with van der Waals surface area (Å²) in [5.74, 6) is 2.62. The molecule has 0 unspecified atom stereocenters. The molecule has 23 heavy (non-hydrogen) atoms. The first kappa shape index (κ1) is 14.1. The number of benzene rings is 1. The highest BCUT2D eigenvalue weighted by atomic mass is 16.1. The monoisotopic (exact) mass is 304 g/mol. The number of hydrogen-bond acceptors (Lipinski definition) is 2. The van der Waals surface area contributed by atoms with E-state index >= 15 is 0 Å². The molecular weight excluding hydrogens is 284 g/mol. The molecule has 0 bridgehead atoms. The predicted molar refractivity (Wildman–Crippen MR) is 95.7 cm³/mol. The molecule has 1 aliphatic heterocycles. The van der Waals surface area contributed by atoms with E-state index in [0.29, 0.717) is 11.0 Å². The Labute approximate surface area is 136 Å². The summed E-state index contributed by atoms with van der Waals surface area (Å²) >= 11 is 0. The molecule has 116 valence electrons. The zero-order valence-corrected chi connectivity index (χ0v) is 13.2. The molecule has 1 aliphatic carbocycles. The summed E-state index contributed by atoms with van der Waals surface area (Å²) in [7, 11) is 0. The topological polar surface area (TPSA) is 36.1 Å². The molecule has 1 spiro atoms. The van der Waals surface area contributed by atoms with E-state index in [9.17, 15) is 4.79 Å². The van der Waals surface area contributed by atoms with Gasteiger partial charge >= 0.3 is 0 Å². The molecule has 0 radical (unpaired) electrons. The second kappa shape index (κ2) is 5.03. The number of nitrogens with zero attached hydrogens (tertiary/aromatic N) is 1. The SMILES string of the molecule is C#Cc1c(N2CCC3(CC2)CC3)c2cc(C=C)ccc2[nH]c1=O. The highest BCUT2D eigenvalue weighted by Crippen LogP contribution is 2.54. The highest BCUT2D eigenvalue weighted by molar-refractivity contribution is 5.95. The number of pyridine rings is 1. The zero-order chi connectivity index (χ0) is 16.0. The van der Waals surface area contributed by atoms with Gasteiger partial charge in [0.2, 0.25) is 0 Å². The first-order valence-corrected chi connectivity index (χ1v) is 8.20. The van der Waals surface area contributed by atoms with Crippen molar-refractivity contribution in [1.29, 1.82) is 0 Å². The van der Waals surface area contributed by atoms with E-state index in [1.807, 2.05) is 18.2 Å². The second-order valence-electron chi connectivity index (χ2n) is 6.82. The molecule has 2 fully saturated rings. The lowest BCUT2D eigenvalue weighted by molar-refractivity contribution is 0.385. The Hall–Kier alpha value is -2.47. The molecule has 2 aliphatic rings. The van der Waals surface area contributed by atoms with Crippen LogP contribution in [0.25, 0.3) is 17.0 Å². The largest absolute Gasteiger partial charge is 0.370 e. The van der Waals surface area contributed by atoms with E-state index in [1.54, 1.807) is 0 Å². The smallest absolute Gasteiger partial charge is 0.266 e. The summed E-state index contributed by atoms with van der Waals surface area (Å²) in [6.45, 7) is 5.80.